The molecular weight excluding hydrogens is 254 g/mol. The van der Waals surface area contributed by atoms with Crippen molar-refractivity contribution in [2.24, 2.45) is 0 Å². The van der Waals surface area contributed by atoms with Crippen molar-refractivity contribution < 1.29 is 9.53 Å². The predicted octanol–water partition coefficient (Wildman–Crippen LogP) is 2.17. The van der Waals surface area contributed by atoms with Gasteiger partial charge in [-0.15, -0.1) is 0 Å². The summed E-state index contributed by atoms with van der Waals surface area (Å²) in [5.74, 6) is 0.611. The Labute approximate surface area is 118 Å². The maximum Gasteiger partial charge on any atom is 0.251 e. The third-order valence-corrected chi connectivity index (χ3v) is 2.70. The average Bonchev–Trinajstić information content (AvgIpc) is 2.91. The summed E-state index contributed by atoms with van der Waals surface area (Å²) >= 11 is 0. The molecule has 0 bridgehead atoms. The fourth-order valence-electron chi connectivity index (χ4n) is 1.82. The Bertz CT molecular complexity index is 550. The van der Waals surface area contributed by atoms with Gasteiger partial charge in [-0.1, -0.05) is 6.07 Å². The number of aromatic amines is 1. The van der Waals surface area contributed by atoms with Gasteiger partial charge in [0.1, 0.15) is 5.75 Å². The fraction of sp³-hybridized carbons (Fsp3) is 0.333. The molecule has 1 aromatic carbocycles. The number of hydrogen-bond acceptors (Lipinski definition) is 3. The molecule has 5 heteroatoms. The van der Waals surface area contributed by atoms with Crippen molar-refractivity contribution in [3.05, 3.63) is 48.0 Å². The van der Waals surface area contributed by atoms with E-state index in [1.165, 1.54) is 0 Å². The molecule has 0 spiro atoms. The van der Waals surface area contributed by atoms with E-state index < -0.39 is 0 Å². The number of imidazole rings is 1. The molecule has 1 amide bonds. The Kier molecular flexibility index (Phi) is 4.76. The van der Waals surface area contributed by atoms with Gasteiger partial charge in [-0.3, -0.25) is 4.79 Å². The highest BCUT2D eigenvalue weighted by Crippen LogP contribution is 2.14. The number of amides is 1. The Balaban J connectivity index is 1.88. The number of rotatable bonds is 6. The molecule has 0 unspecified atom stereocenters. The van der Waals surface area contributed by atoms with Gasteiger partial charge in [0.2, 0.25) is 0 Å². The minimum atomic E-state index is -0.0984. The highest BCUT2D eigenvalue weighted by molar-refractivity contribution is 5.94. The lowest BCUT2D eigenvalue weighted by molar-refractivity contribution is 0.0953. The first-order valence-corrected chi connectivity index (χ1v) is 6.67. The molecule has 0 aliphatic carbocycles. The van der Waals surface area contributed by atoms with Crippen LogP contribution in [0.3, 0.4) is 0 Å². The van der Waals surface area contributed by atoms with Gasteiger partial charge in [-0.05, 0) is 32.0 Å². The molecule has 106 valence electrons. The third kappa shape index (κ3) is 4.12. The van der Waals surface area contributed by atoms with Crippen LogP contribution in [0.2, 0.25) is 0 Å². The number of ether oxygens (including phenoxy) is 1. The molecule has 0 radical (unpaired) electrons. The first kappa shape index (κ1) is 14.1. The maximum absolute atomic E-state index is 12.0. The van der Waals surface area contributed by atoms with Crippen LogP contribution in [0.15, 0.2) is 36.8 Å². The van der Waals surface area contributed by atoms with Crippen LogP contribution in [-0.4, -0.2) is 28.5 Å². The van der Waals surface area contributed by atoms with E-state index in [1.54, 1.807) is 24.7 Å². The van der Waals surface area contributed by atoms with E-state index in [-0.39, 0.29) is 12.0 Å². The average molecular weight is 273 g/mol. The number of aromatic nitrogens is 2. The maximum atomic E-state index is 12.0. The lowest BCUT2D eigenvalue weighted by atomic mass is 10.2. The van der Waals surface area contributed by atoms with Crippen LogP contribution in [0.5, 0.6) is 5.75 Å². The number of H-pyrrole nitrogens is 1. The summed E-state index contributed by atoms with van der Waals surface area (Å²) in [6.07, 6.45) is 4.20. The molecular formula is C15H19N3O2. The van der Waals surface area contributed by atoms with Crippen LogP contribution in [0.25, 0.3) is 0 Å². The first-order chi connectivity index (χ1) is 9.65. The van der Waals surface area contributed by atoms with E-state index in [0.717, 1.165) is 12.1 Å². The molecule has 5 nitrogen and oxygen atoms in total. The molecule has 2 N–H and O–H groups in total. The molecule has 0 atom stereocenters. The van der Waals surface area contributed by atoms with Crippen LogP contribution >= 0.6 is 0 Å². The van der Waals surface area contributed by atoms with Crippen LogP contribution in [0.1, 0.15) is 29.9 Å². The highest BCUT2D eigenvalue weighted by Gasteiger charge is 2.07. The van der Waals surface area contributed by atoms with Gasteiger partial charge in [-0.25, -0.2) is 4.98 Å². The number of hydrogen-bond donors (Lipinski definition) is 2. The fourth-order valence-corrected chi connectivity index (χ4v) is 1.82. The van der Waals surface area contributed by atoms with Crippen molar-refractivity contribution in [3.8, 4) is 5.75 Å². The second-order valence-corrected chi connectivity index (χ2v) is 4.78. The molecule has 2 aromatic rings. The third-order valence-electron chi connectivity index (χ3n) is 2.70. The molecule has 0 fully saturated rings. The largest absolute Gasteiger partial charge is 0.491 e. The summed E-state index contributed by atoms with van der Waals surface area (Å²) in [7, 11) is 0. The van der Waals surface area contributed by atoms with Crippen molar-refractivity contribution in [2.75, 3.05) is 6.54 Å². The summed E-state index contributed by atoms with van der Waals surface area (Å²) in [4.78, 5) is 19.0. The quantitative estimate of drug-likeness (QED) is 0.847. The van der Waals surface area contributed by atoms with E-state index in [2.05, 4.69) is 15.3 Å². The molecule has 0 aliphatic rings. The molecule has 0 saturated carbocycles. The van der Waals surface area contributed by atoms with Gasteiger partial charge in [-0.2, -0.15) is 0 Å². The van der Waals surface area contributed by atoms with Crippen LogP contribution in [0.4, 0.5) is 0 Å². The van der Waals surface area contributed by atoms with Crippen molar-refractivity contribution in [3.63, 3.8) is 0 Å². The zero-order valence-corrected chi connectivity index (χ0v) is 11.7. The second-order valence-electron chi connectivity index (χ2n) is 4.78. The lowest BCUT2D eigenvalue weighted by Crippen LogP contribution is -2.25. The number of carbonyl (C=O) groups is 1. The standard InChI is InChI=1S/C15H19N3O2/c1-11(2)20-14-5-3-4-12(8-14)15(19)17-7-6-13-9-16-10-18-13/h3-5,8-11H,6-7H2,1-2H3,(H,16,18)(H,17,19). The van der Waals surface area contributed by atoms with Gasteiger partial charge in [0.15, 0.2) is 0 Å². The summed E-state index contributed by atoms with van der Waals surface area (Å²) in [5, 5.41) is 2.88. The van der Waals surface area contributed by atoms with Crippen LogP contribution in [0, 0.1) is 0 Å². The van der Waals surface area contributed by atoms with Crippen LogP contribution < -0.4 is 10.1 Å². The van der Waals surface area contributed by atoms with Crippen molar-refractivity contribution in [1.82, 2.24) is 15.3 Å². The second kappa shape index (κ2) is 6.75. The predicted molar refractivity (Wildman–Crippen MR) is 76.8 cm³/mol. The van der Waals surface area contributed by atoms with E-state index in [1.807, 2.05) is 26.0 Å². The Morgan fingerprint density at radius 3 is 3.00 bits per heavy atom. The van der Waals surface area contributed by atoms with Gasteiger partial charge < -0.3 is 15.0 Å². The van der Waals surface area contributed by atoms with Crippen molar-refractivity contribution in [1.29, 1.82) is 0 Å². The molecule has 0 saturated heterocycles. The number of carbonyl (C=O) groups excluding carboxylic acids is 1. The molecule has 2 rings (SSSR count). The Hall–Kier alpha value is -2.30. The smallest absolute Gasteiger partial charge is 0.251 e. The summed E-state index contributed by atoms with van der Waals surface area (Å²) < 4.78 is 5.58. The van der Waals surface area contributed by atoms with E-state index in [4.69, 9.17) is 4.74 Å². The molecule has 20 heavy (non-hydrogen) atoms. The minimum absolute atomic E-state index is 0.0914. The van der Waals surface area contributed by atoms with Gasteiger partial charge >= 0.3 is 0 Å². The van der Waals surface area contributed by atoms with Crippen molar-refractivity contribution in [2.45, 2.75) is 26.4 Å². The zero-order chi connectivity index (χ0) is 14.4. The highest BCUT2D eigenvalue weighted by atomic mass is 16.5. The van der Waals surface area contributed by atoms with E-state index in [9.17, 15) is 4.79 Å². The number of nitrogens with one attached hydrogen (secondary N) is 2. The lowest BCUT2D eigenvalue weighted by Gasteiger charge is -2.11. The monoisotopic (exact) mass is 273 g/mol. The van der Waals surface area contributed by atoms with Gasteiger partial charge in [0, 0.05) is 30.4 Å². The van der Waals surface area contributed by atoms with E-state index >= 15 is 0 Å². The summed E-state index contributed by atoms with van der Waals surface area (Å²) in [5.41, 5.74) is 1.61. The van der Waals surface area contributed by atoms with E-state index in [0.29, 0.717) is 17.9 Å². The number of benzene rings is 1. The van der Waals surface area contributed by atoms with Crippen LogP contribution in [-0.2, 0) is 6.42 Å². The molecule has 1 heterocycles. The molecule has 1 aromatic heterocycles. The normalized spacial score (nSPS) is 10.6. The molecule has 0 aliphatic heterocycles. The first-order valence-electron chi connectivity index (χ1n) is 6.67. The Morgan fingerprint density at radius 2 is 2.30 bits per heavy atom. The number of nitrogens with zero attached hydrogens (tertiary/aromatic N) is 1. The summed E-state index contributed by atoms with van der Waals surface area (Å²) in [6.45, 7) is 4.48. The van der Waals surface area contributed by atoms with Gasteiger partial charge in [0.05, 0.1) is 12.4 Å². The Morgan fingerprint density at radius 1 is 1.45 bits per heavy atom. The zero-order valence-electron chi connectivity index (χ0n) is 11.7. The SMILES string of the molecule is CC(C)Oc1cccc(C(=O)NCCc2cnc[nH]2)c1. The summed E-state index contributed by atoms with van der Waals surface area (Å²) in [6, 6.07) is 7.20. The van der Waals surface area contributed by atoms with Crippen molar-refractivity contribution >= 4 is 5.91 Å². The van der Waals surface area contributed by atoms with Gasteiger partial charge in [0.25, 0.3) is 5.91 Å². The minimum Gasteiger partial charge on any atom is -0.491 e. The topological polar surface area (TPSA) is 67.0 Å².